The first-order valence-electron chi connectivity index (χ1n) is 10.6. The van der Waals surface area contributed by atoms with Gasteiger partial charge < -0.3 is 0 Å². The second-order valence-corrected chi connectivity index (χ2v) is 7.49. The van der Waals surface area contributed by atoms with Gasteiger partial charge >= 0.3 is 0 Å². The number of hydrogen-bond donors (Lipinski definition) is 0. The summed E-state index contributed by atoms with van der Waals surface area (Å²) in [5.74, 6) is -0.189. The first kappa shape index (κ1) is 20.3. The molecule has 0 aliphatic carbocycles. The lowest BCUT2D eigenvalue weighted by Crippen LogP contribution is -1.91. The summed E-state index contributed by atoms with van der Waals surface area (Å²) in [6, 6.07) is 17.9. The minimum absolute atomic E-state index is 0.189. The van der Waals surface area contributed by atoms with E-state index in [4.69, 9.17) is 0 Å². The van der Waals surface area contributed by atoms with Crippen LogP contribution < -0.4 is 0 Å². The van der Waals surface area contributed by atoms with Crippen molar-refractivity contribution in [3.63, 3.8) is 0 Å². The average molecular weight is 376 g/mol. The number of aromatic nitrogens is 1. The fraction of sp³-hybridized carbons (Fsp3) is 0.346. The Labute approximate surface area is 168 Å². The molecule has 1 aromatic heterocycles. The summed E-state index contributed by atoms with van der Waals surface area (Å²) in [6.45, 7) is 4.39. The Morgan fingerprint density at radius 3 is 2.07 bits per heavy atom. The van der Waals surface area contributed by atoms with E-state index in [-0.39, 0.29) is 5.82 Å². The molecule has 3 aromatic rings. The van der Waals surface area contributed by atoms with Crippen LogP contribution in [0, 0.1) is 5.82 Å². The molecule has 0 bridgehead atoms. The van der Waals surface area contributed by atoms with Crippen LogP contribution in [-0.4, -0.2) is 4.98 Å². The Morgan fingerprint density at radius 1 is 0.714 bits per heavy atom. The number of unbranched alkanes of at least 4 members (excludes halogenated alkanes) is 3. The van der Waals surface area contributed by atoms with Crippen LogP contribution in [0.15, 0.2) is 60.8 Å². The van der Waals surface area contributed by atoms with Crippen LogP contribution in [0.2, 0.25) is 0 Å². The van der Waals surface area contributed by atoms with Crippen molar-refractivity contribution in [2.45, 2.75) is 58.8 Å². The highest BCUT2D eigenvalue weighted by atomic mass is 19.1. The monoisotopic (exact) mass is 375 g/mol. The number of pyridine rings is 1. The Hall–Kier alpha value is -2.48. The molecule has 28 heavy (non-hydrogen) atoms. The molecule has 0 spiro atoms. The molecule has 0 saturated heterocycles. The average Bonchev–Trinajstić information content (AvgIpc) is 2.73. The van der Waals surface area contributed by atoms with Gasteiger partial charge in [-0.2, -0.15) is 0 Å². The van der Waals surface area contributed by atoms with Gasteiger partial charge in [0.1, 0.15) is 5.82 Å². The van der Waals surface area contributed by atoms with Crippen molar-refractivity contribution in [1.82, 2.24) is 4.98 Å². The first-order valence-corrected chi connectivity index (χ1v) is 10.6. The van der Waals surface area contributed by atoms with Crippen LogP contribution in [0.5, 0.6) is 0 Å². The van der Waals surface area contributed by atoms with Gasteiger partial charge in [-0.15, -0.1) is 0 Å². The molecule has 3 rings (SSSR count). The van der Waals surface area contributed by atoms with Crippen molar-refractivity contribution in [1.29, 1.82) is 0 Å². The fourth-order valence-electron chi connectivity index (χ4n) is 3.46. The summed E-state index contributed by atoms with van der Waals surface area (Å²) in [4.78, 5) is 4.52. The van der Waals surface area contributed by atoms with Gasteiger partial charge in [0.15, 0.2) is 0 Å². The molecular formula is C26H30FN. The van der Waals surface area contributed by atoms with Gasteiger partial charge in [-0.05, 0) is 54.5 Å². The van der Waals surface area contributed by atoms with Crippen LogP contribution in [0.4, 0.5) is 4.39 Å². The molecule has 146 valence electrons. The molecule has 0 radical (unpaired) electrons. The topological polar surface area (TPSA) is 12.9 Å². The minimum Gasteiger partial charge on any atom is -0.261 e. The molecule has 0 aliphatic rings. The molecule has 0 N–H and O–H groups in total. The van der Waals surface area contributed by atoms with Crippen molar-refractivity contribution in [2.24, 2.45) is 0 Å². The predicted molar refractivity (Wildman–Crippen MR) is 117 cm³/mol. The van der Waals surface area contributed by atoms with Crippen LogP contribution in [0.1, 0.15) is 57.2 Å². The van der Waals surface area contributed by atoms with Crippen LogP contribution in [-0.2, 0) is 12.8 Å². The zero-order valence-electron chi connectivity index (χ0n) is 17.0. The van der Waals surface area contributed by atoms with Crippen LogP contribution >= 0.6 is 0 Å². The van der Waals surface area contributed by atoms with Gasteiger partial charge in [0.05, 0.1) is 0 Å². The van der Waals surface area contributed by atoms with Crippen molar-refractivity contribution >= 4 is 0 Å². The van der Waals surface area contributed by atoms with Crippen molar-refractivity contribution in [3.05, 3.63) is 77.9 Å². The maximum Gasteiger partial charge on any atom is 0.131 e. The van der Waals surface area contributed by atoms with E-state index < -0.39 is 0 Å². The lowest BCUT2D eigenvalue weighted by atomic mass is 9.98. The smallest absolute Gasteiger partial charge is 0.131 e. The second kappa shape index (κ2) is 10.2. The maximum absolute atomic E-state index is 14.8. The normalized spacial score (nSPS) is 11.0. The van der Waals surface area contributed by atoms with E-state index in [2.05, 4.69) is 31.0 Å². The molecule has 0 aliphatic heterocycles. The SMILES string of the molecule is CCCCCc1ccc(-c2ccc(-c3ccc(CCCC)nc3)cc2F)cc1. The molecule has 1 nitrogen and oxygen atoms in total. The van der Waals surface area contributed by atoms with E-state index in [1.54, 1.807) is 6.07 Å². The molecule has 0 unspecified atom stereocenters. The quantitative estimate of drug-likeness (QED) is 0.350. The largest absolute Gasteiger partial charge is 0.261 e. The van der Waals surface area contributed by atoms with E-state index >= 15 is 0 Å². The lowest BCUT2D eigenvalue weighted by molar-refractivity contribution is 0.632. The number of hydrogen-bond acceptors (Lipinski definition) is 1. The summed E-state index contributed by atoms with van der Waals surface area (Å²) >= 11 is 0. The lowest BCUT2D eigenvalue weighted by Gasteiger charge is -2.09. The molecule has 2 heteroatoms. The minimum atomic E-state index is -0.189. The Morgan fingerprint density at radius 2 is 1.43 bits per heavy atom. The second-order valence-electron chi connectivity index (χ2n) is 7.49. The number of aryl methyl sites for hydroxylation is 2. The third-order valence-corrected chi connectivity index (χ3v) is 5.25. The highest BCUT2D eigenvalue weighted by Gasteiger charge is 2.08. The number of halogens is 1. The predicted octanol–water partition coefficient (Wildman–Crippen LogP) is 7.63. The summed E-state index contributed by atoms with van der Waals surface area (Å²) < 4.78 is 14.8. The summed E-state index contributed by atoms with van der Waals surface area (Å²) in [5.41, 5.74) is 5.82. The number of nitrogens with zero attached hydrogens (tertiary/aromatic N) is 1. The van der Waals surface area contributed by atoms with E-state index in [0.717, 1.165) is 48.1 Å². The number of rotatable bonds is 9. The van der Waals surface area contributed by atoms with Gasteiger partial charge in [-0.3, -0.25) is 4.98 Å². The highest BCUT2D eigenvalue weighted by molar-refractivity contribution is 5.70. The van der Waals surface area contributed by atoms with Crippen molar-refractivity contribution in [3.8, 4) is 22.3 Å². The zero-order chi connectivity index (χ0) is 19.8. The summed E-state index contributed by atoms with van der Waals surface area (Å²) in [5, 5.41) is 0. The van der Waals surface area contributed by atoms with Crippen molar-refractivity contribution in [2.75, 3.05) is 0 Å². The Balaban J connectivity index is 1.73. The van der Waals surface area contributed by atoms with E-state index in [0.29, 0.717) is 5.56 Å². The highest BCUT2D eigenvalue weighted by Crippen LogP contribution is 2.28. The van der Waals surface area contributed by atoms with Gasteiger partial charge in [0.2, 0.25) is 0 Å². The third-order valence-electron chi connectivity index (χ3n) is 5.25. The van der Waals surface area contributed by atoms with Gasteiger partial charge in [-0.25, -0.2) is 4.39 Å². The Kier molecular flexibility index (Phi) is 7.36. The van der Waals surface area contributed by atoms with Crippen molar-refractivity contribution < 1.29 is 4.39 Å². The molecule has 2 aromatic carbocycles. The zero-order valence-corrected chi connectivity index (χ0v) is 17.0. The molecule has 0 amide bonds. The van der Waals surface area contributed by atoms with E-state index in [9.17, 15) is 4.39 Å². The van der Waals surface area contributed by atoms with Crippen LogP contribution in [0.25, 0.3) is 22.3 Å². The fourth-order valence-corrected chi connectivity index (χ4v) is 3.46. The summed E-state index contributed by atoms with van der Waals surface area (Å²) in [7, 11) is 0. The third kappa shape index (κ3) is 5.28. The summed E-state index contributed by atoms with van der Waals surface area (Å²) in [6.07, 6.45) is 9.95. The van der Waals surface area contributed by atoms with Gasteiger partial charge in [-0.1, -0.05) is 75.6 Å². The van der Waals surface area contributed by atoms with E-state index in [1.165, 1.54) is 24.8 Å². The molecular weight excluding hydrogens is 345 g/mol. The van der Waals surface area contributed by atoms with E-state index in [1.807, 2.05) is 42.6 Å². The first-order chi connectivity index (χ1) is 13.7. The molecule has 0 saturated carbocycles. The van der Waals surface area contributed by atoms with Crippen LogP contribution in [0.3, 0.4) is 0 Å². The van der Waals surface area contributed by atoms with Gasteiger partial charge in [0, 0.05) is 23.0 Å². The molecule has 0 fully saturated rings. The Bertz CT molecular complexity index is 866. The maximum atomic E-state index is 14.8. The van der Waals surface area contributed by atoms with Gasteiger partial charge in [0.25, 0.3) is 0 Å². The number of benzene rings is 2. The standard InChI is InChI=1S/C26H30FN/c1-3-5-7-8-20-10-12-21(13-11-20)25-17-15-22(18-26(25)27)23-14-16-24(28-19-23)9-6-4-2/h10-19H,3-9H2,1-2H3. The molecule has 1 heterocycles. The molecule has 0 atom stereocenters.